The zero-order valence-electron chi connectivity index (χ0n) is 12.6. The Bertz CT molecular complexity index is 264. The summed E-state index contributed by atoms with van der Waals surface area (Å²) in [6.07, 6.45) is 18.7. The Kier molecular flexibility index (Phi) is 13.5. The van der Waals surface area contributed by atoms with Crippen molar-refractivity contribution in [1.29, 1.82) is 0 Å². The van der Waals surface area contributed by atoms with Crippen molar-refractivity contribution >= 4 is 0 Å². The normalized spacial score (nSPS) is 13.3. The number of aliphatic hydroxyl groups excluding tert-OH is 1. The van der Waals surface area contributed by atoms with Crippen molar-refractivity contribution in [2.24, 2.45) is 5.92 Å². The van der Waals surface area contributed by atoms with Crippen LogP contribution in [0.1, 0.15) is 51.4 Å². The van der Waals surface area contributed by atoms with Gasteiger partial charge in [0.15, 0.2) is 6.29 Å². The molecule has 0 aliphatic carbocycles. The predicted octanol–water partition coefficient (Wildman–Crippen LogP) is 4.52. The Balaban J connectivity index is 3.86. The first-order valence-corrected chi connectivity index (χ1v) is 7.60. The second-order valence-corrected chi connectivity index (χ2v) is 5.03. The molecule has 0 heterocycles. The number of unbranched alkanes of at least 4 members (excludes halogenated alkanes) is 4. The van der Waals surface area contributed by atoms with Gasteiger partial charge >= 0.3 is 0 Å². The van der Waals surface area contributed by atoms with E-state index in [1.807, 2.05) is 12.2 Å². The van der Waals surface area contributed by atoms with E-state index in [0.717, 1.165) is 38.5 Å². The lowest BCUT2D eigenvalue weighted by Gasteiger charge is -2.14. The molecular weight excluding hydrogens is 248 g/mol. The van der Waals surface area contributed by atoms with E-state index in [1.165, 1.54) is 0 Å². The van der Waals surface area contributed by atoms with E-state index >= 15 is 0 Å². The third-order valence-electron chi connectivity index (χ3n) is 3.19. The molecule has 0 aliphatic heterocycles. The van der Waals surface area contributed by atoms with E-state index < -0.39 is 6.29 Å². The molecule has 0 aliphatic rings. The summed E-state index contributed by atoms with van der Waals surface area (Å²) >= 11 is 0. The van der Waals surface area contributed by atoms with Crippen LogP contribution in [0, 0.1) is 5.92 Å². The first-order valence-electron chi connectivity index (χ1n) is 7.60. The molecule has 0 atom stereocenters. The molecule has 0 radical (unpaired) electrons. The van der Waals surface area contributed by atoms with Crippen LogP contribution < -0.4 is 0 Å². The Labute approximate surface area is 124 Å². The zero-order chi connectivity index (χ0) is 15.1. The molecule has 114 valence electrons. The van der Waals surface area contributed by atoms with Crippen LogP contribution in [0.3, 0.4) is 0 Å². The second-order valence-electron chi connectivity index (χ2n) is 5.03. The molecule has 2 N–H and O–H groups in total. The van der Waals surface area contributed by atoms with Crippen LogP contribution in [-0.2, 0) is 0 Å². The molecule has 0 unspecified atom stereocenters. The minimum atomic E-state index is -1.24. The van der Waals surface area contributed by atoms with Crippen molar-refractivity contribution in [3.8, 4) is 0 Å². The van der Waals surface area contributed by atoms with Crippen molar-refractivity contribution < 1.29 is 10.2 Å². The van der Waals surface area contributed by atoms with Gasteiger partial charge in [0.2, 0.25) is 0 Å². The molecule has 0 amide bonds. The van der Waals surface area contributed by atoms with Crippen LogP contribution in [0.5, 0.6) is 0 Å². The van der Waals surface area contributed by atoms with Crippen molar-refractivity contribution in [2.45, 2.75) is 57.7 Å². The minimum Gasteiger partial charge on any atom is -0.368 e. The fourth-order valence-corrected chi connectivity index (χ4v) is 1.88. The highest BCUT2D eigenvalue weighted by Crippen LogP contribution is 2.15. The largest absolute Gasteiger partial charge is 0.368 e. The van der Waals surface area contributed by atoms with Crippen molar-refractivity contribution in [3.63, 3.8) is 0 Å². The molecule has 0 spiro atoms. The monoisotopic (exact) mass is 278 g/mol. The van der Waals surface area contributed by atoms with E-state index in [0.29, 0.717) is 12.8 Å². The van der Waals surface area contributed by atoms with Gasteiger partial charge in [-0.25, -0.2) is 0 Å². The summed E-state index contributed by atoms with van der Waals surface area (Å²) < 4.78 is 0. The standard InChI is InChI=1S/C18H30O2/c1-3-5-7-9-11-13-15-17(18(19)20)16-14-12-10-8-6-4-2/h3-4,11-14,17-20H,1-2,5-10,15-16H2. The Morgan fingerprint density at radius 2 is 1.15 bits per heavy atom. The molecule has 2 heteroatoms. The zero-order valence-corrected chi connectivity index (χ0v) is 12.6. The minimum absolute atomic E-state index is 0.110. The van der Waals surface area contributed by atoms with E-state index in [-0.39, 0.29) is 5.92 Å². The predicted molar refractivity (Wildman–Crippen MR) is 87.3 cm³/mol. The molecule has 2 nitrogen and oxygen atoms in total. The molecule has 0 aromatic rings. The van der Waals surface area contributed by atoms with E-state index in [2.05, 4.69) is 37.5 Å². The maximum Gasteiger partial charge on any atom is 0.154 e. The van der Waals surface area contributed by atoms with E-state index in [4.69, 9.17) is 0 Å². The Morgan fingerprint density at radius 1 is 0.700 bits per heavy atom. The average molecular weight is 278 g/mol. The lowest BCUT2D eigenvalue weighted by atomic mass is 9.99. The van der Waals surface area contributed by atoms with Crippen LogP contribution in [0.15, 0.2) is 49.6 Å². The lowest BCUT2D eigenvalue weighted by molar-refractivity contribution is -0.0818. The van der Waals surface area contributed by atoms with Crippen molar-refractivity contribution in [2.75, 3.05) is 0 Å². The Morgan fingerprint density at radius 3 is 1.50 bits per heavy atom. The lowest BCUT2D eigenvalue weighted by Crippen LogP contribution is -2.18. The first kappa shape index (κ1) is 18.9. The van der Waals surface area contributed by atoms with E-state index in [9.17, 15) is 10.2 Å². The molecule has 20 heavy (non-hydrogen) atoms. The van der Waals surface area contributed by atoms with Gasteiger partial charge in [-0.05, 0) is 51.4 Å². The van der Waals surface area contributed by atoms with Gasteiger partial charge in [0, 0.05) is 5.92 Å². The molecule has 0 aromatic heterocycles. The van der Waals surface area contributed by atoms with Crippen LogP contribution >= 0.6 is 0 Å². The number of hydrogen-bond donors (Lipinski definition) is 2. The quantitative estimate of drug-likeness (QED) is 0.295. The van der Waals surface area contributed by atoms with Gasteiger partial charge in [0.05, 0.1) is 0 Å². The smallest absolute Gasteiger partial charge is 0.154 e. The summed E-state index contributed by atoms with van der Waals surface area (Å²) in [5.74, 6) is -0.110. The summed E-state index contributed by atoms with van der Waals surface area (Å²) in [5.41, 5.74) is 0. The molecule has 0 saturated carbocycles. The average Bonchev–Trinajstić information content (AvgIpc) is 2.43. The molecule has 0 saturated heterocycles. The molecular formula is C18H30O2. The van der Waals surface area contributed by atoms with Crippen LogP contribution in [0.4, 0.5) is 0 Å². The number of hydrogen-bond acceptors (Lipinski definition) is 2. The number of rotatable bonds is 13. The maximum atomic E-state index is 9.35. The fraction of sp³-hybridized carbons (Fsp3) is 0.556. The third-order valence-corrected chi connectivity index (χ3v) is 3.19. The van der Waals surface area contributed by atoms with Gasteiger partial charge in [-0.3, -0.25) is 0 Å². The van der Waals surface area contributed by atoms with Gasteiger partial charge < -0.3 is 10.2 Å². The van der Waals surface area contributed by atoms with Gasteiger partial charge in [0.25, 0.3) is 0 Å². The maximum absolute atomic E-state index is 9.35. The van der Waals surface area contributed by atoms with Crippen LogP contribution in [-0.4, -0.2) is 16.5 Å². The second kappa shape index (κ2) is 14.3. The summed E-state index contributed by atoms with van der Waals surface area (Å²) in [4.78, 5) is 0. The number of aliphatic hydroxyl groups is 2. The summed E-state index contributed by atoms with van der Waals surface area (Å²) in [7, 11) is 0. The SMILES string of the molecule is C=CCCCC=CCC(CC=CCCCC=C)C(O)O. The van der Waals surface area contributed by atoms with Crippen LogP contribution in [0.2, 0.25) is 0 Å². The fourth-order valence-electron chi connectivity index (χ4n) is 1.88. The highest BCUT2D eigenvalue weighted by Gasteiger charge is 2.12. The summed E-state index contributed by atoms with van der Waals surface area (Å²) in [5, 5.41) is 18.7. The van der Waals surface area contributed by atoms with E-state index in [1.54, 1.807) is 0 Å². The summed E-state index contributed by atoms with van der Waals surface area (Å²) in [6, 6.07) is 0. The van der Waals surface area contributed by atoms with Crippen molar-refractivity contribution in [3.05, 3.63) is 49.6 Å². The molecule has 0 bridgehead atoms. The topological polar surface area (TPSA) is 40.5 Å². The highest BCUT2D eigenvalue weighted by atomic mass is 16.5. The molecule has 0 rings (SSSR count). The number of allylic oxidation sites excluding steroid dienone is 6. The molecule has 0 fully saturated rings. The van der Waals surface area contributed by atoms with Gasteiger partial charge in [0.1, 0.15) is 0 Å². The van der Waals surface area contributed by atoms with Crippen LogP contribution in [0.25, 0.3) is 0 Å². The Hall–Kier alpha value is -1.12. The first-order chi connectivity index (χ1) is 9.72. The van der Waals surface area contributed by atoms with Gasteiger partial charge in [-0.15, -0.1) is 13.2 Å². The van der Waals surface area contributed by atoms with Gasteiger partial charge in [-0.2, -0.15) is 0 Å². The van der Waals surface area contributed by atoms with Crippen molar-refractivity contribution in [1.82, 2.24) is 0 Å². The highest BCUT2D eigenvalue weighted by molar-refractivity contribution is 4.90. The third kappa shape index (κ3) is 11.9. The van der Waals surface area contributed by atoms with Gasteiger partial charge in [-0.1, -0.05) is 36.5 Å². The molecule has 0 aromatic carbocycles. The summed E-state index contributed by atoms with van der Waals surface area (Å²) in [6.45, 7) is 7.37.